The van der Waals surface area contributed by atoms with Crippen LogP contribution >= 0.6 is 24.0 Å². The summed E-state index contributed by atoms with van der Waals surface area (Å²) in [5.74, 6) is 1.30. The summed E-state index contributed by atoms with van der Waals surface area (Å²) in [5, 5.41) is 11.1. The van der Waals surface area contributed by atoms with Crippen molar-refractivity contribution in [2.24, 2.45) is 5.92 Å². The highest BCUT2D eigenvalue weighted by Gasteiger charge is 2.16. The van der Waals surface area contributed by atoms with Crippen molar-refractivity contribution in [1.29, 1.82) is 0 Å². The molecule has 1 aromatic carbocycles. The van der Waals surface area contributed by atoms with Gasteiger partial charge in [-0.1, -0.05) is 17.7 Å². The molecule has 7 heteroatoms. The molecule has 5 nitrogen and oxygen atoms in total. The number of carbonyl (C=O) groups excluding carboxylic acids is 1. The molecular weight excluding hydrogens is 335 g/mol. The Kier molecular flexibility index (Phi) is 6.45. The van der Waals surface area contributed by atoms with E-state index in [1.165, 1.54) is 0 Å². The van der Waals surface area contributed by atoms with E-state index in [4.69, 9.17) is 11.6 Å². The Labute approximate surface area is 146 Å². The number of carbonyl (C=O) groups is 1. The molecule has 1 fully saturated rings. The summed E-state index contributed by atoms with van der Waals surface area (Å²) in [6, 6.07) is 9.17. The van der Waals surface area contributed by atoms with Crippen molar-refractivity contribution in [3.63, 3.8) is 0 Å². The molecule has 2 aromatic rings. The monoisotopic (exact) mass is 354 g/mol. The van der Waals surface area contributed by atoms with Gasteiger partial charge in [-0.15, -0.1) is 12.4 Å². The van der Waals surface area contributed by atoms with E-state index in [1.54, 1.807) is 16.9 Å². The third-order valence-electron chi connectivity index (χ3n) is 3.91. The van der Waals surface area contributed by atoms with Gasteiger partial charge in [0, 0.05) is 17.5 Å². The van der Waals surface area contributed by atoms with Crippen LogP contribution in [0.15, 0.2) is 36.5 Å². The fourth-order valence-corrected chi connectivity index (χ4v) is 2.90. The van der Waals surface area contributed by atoms with Crippen LogP contribution in [-0.4, -0.2) is 28.8 Å². The second-order valence-electron chi connectivity index (χ2n) is 5.55. The zero-order valence-corrected chi connectivity index (χ0v) is 14.2. The number of hydrogen-bond acceptors (Lipinski definition) is 3. The van der Waals surface area contributed by atoms with Gasteiger partial charge < -0.3 is 10.6 Å². The maximum absolute atomic E-state index is 12.1. The van der Waals surface area contributed by atoms with Crippen molar-refractivity contribution >= 4 is 35.7 Å². The van der Waals surface area contributed by atoms with Crippen LogP contribution < -0.4 is 10.6 Å². The van der Waals surface area contributed by atoms with Crippen molar-refractivity contribution in [3.8, 4) is 5.69 Å². The lowest BCUT2D eigenvalue weighted by molar-refractivity contribution is -0.116. The van der Waals surface area contributed by atoms with Crippen molar-refractivity contribution in [2.45, 2.75) is 19.3 Å². The Morgan fingerprint density at radius 1 is 1.43 bits per heavy atom. The summed E-state index contributed by atoms with van der Waals surface area (Å²) in [7, 11) is 0. The molecule has 1 amide bonds. The number of hydrogen-bond donors (Lipinski definition) is 2. The fourth-order valence-electron chi connectivity index (χ4n) is 2.71. The summed E-state index contributed by atoms with van der Waals surface area (Å²) >= 11 is 6.01. The number of anilines is 1. The average Bonchev–Trinajstić information content (AvgIpc) is 3.16. The van der Waals surface area contributed by atoms with Gasteiger partial charge in [0.05, 0.1) is 11.9 Å². The minimum atomic E-state index is 0. The van der Waals surface area contributed by atoms with E-state index in [0.29, 0.717) is 23.2 Å². The summed E-state index contributed by atoms with van der Waals surface area (Å²) in [5.41, 5.74) is 0.827. The lowest BCUT2D eigenvalue weighted by Gasteiger charge is -2.11. The molecule has 1 unspecified atom stereocenters. The van der Waals surface area contributed by atoms with Crippen LogP contribution in [0.1, 0.15) is 19.3 Å². The van der Waals surface area contributed by atoms with E-state index in [0.717, 1.165) is 31.6 Å². The molecule has 2 heterocycles. The Bertz CT molecular complexity index is 653. The molecule has 1 saturated heterocycles. The average molecular weight is 355 g/mol. The first-order valence-electron chi connectivity index (χ1n) is 7.53. The maximum Gasteiger partial charge on any atom is 0.225 e. The van der Waals surface area contributed by atoms with Gasteiger partial charge in [0.1, 0.15) is 5.82 Å². The zero-order valence-electron chi connectivity index (χ0n) is 12.7. The van der Waals surface area contributed by atoms with Crippen LogP contribution in [0.4, 0.5) is 5.82 Å². The molecule has 0 spiro atoms. The normalized spacial score (nSPS) is 16.8. The van der Waals surface area contributed by atoms with Crippen molar-refractivity contribution in [2.75, 3.05) is 18.4 Å². The number of nitrogens with zero attached hydrogens (tertiary/aromatic N) is 2. The summed E-state index contributed by atoms with van der Waals surface area (Å²) in [6.45, 7) is 2.08. The molecular formula is C16H20Cl2N4O. The Balaban J connectivity index is 0.00000192. The van der Waals surface area contributed by atoms with Crippen LogP contribution in [0, 0.1) is 5.92 Å². The van der Waals surface area contributed by atoms with Crippen LogP contribution in [0.25, 0.3) is 5.69 Å². The van der Waals surface area contributed by atoms with Gasteiger partial charge in [0.25, 0.3) is 0 Å². The Morgan fingerprint density at radius 2 is 2.30 bits per heavy atom. The topological polar surface area (TPSA) is 59.0 Å². The van der Waals surface area contributed by atoms with E-state index in [1.807, 2.05) is 24.3 Å². The first kappa shape index (κ1) is 17.8. The lowest BCUT2D eigenvalue weighted by Crippen LogP contribution is -2.17. The Hall–Kier alpha value is -1.56. The number of rotatable bonds is 5. The SMILES string of the molecule is Cl.O=C(CCC1CCNC1)Nc1ccnn1-c1cccc(Cl)c1. The fraction of sp³-hybridized carbons (Fsp3) is 0.375. The molecule has 3 rings (SSSR count). The second-order valence-corrected chi connectivity index (χ2v) is 5.99. The first-order chi connectivity index (χ1) is 10.7. The number of benzene rings is 1. The van der Waals surface area contributed by atoms with E-state index in [9.17, 15) is 4.79 Å². The van der Waals surface area contributed by atoms with Gasteiger partial charge in [-0.05, 0) is 50.0 Å². The molecule has 0 bridgehead atoms. The highest BCUT2D eigenvalue weighted by molar-refractivity contribution is 6.30. The predicted molar refractivity (Wildman–Crippen MR) is 94.7 cm³/mol. The van der Waals surface area contributed by atoms with E-state index in [2.05, 4.69) is 15.7 Å². The predicted octanol–water partition coefficient (Wildman–Crippen LogP) is 3.28. The van der Waals surface area contributed by atoms with Gasteiger partial charge in [-0.3, -0.25) is 4.79 Å². The van der Waals surface area contributed by atoms with Gasteiger partial charge in [0.15, 0.2) is 0 Å². The lowest BCUT2D eigenvalue weighted by atomic mass is 10.0. The van der Waals surface area contributed by atoms with Crippen molar-refractivity contribution in [1.82, 2.24) is 15.1 Å². The third kappa shape index (κ3) is 4.70. The molecule has 1 aromatic heterocycles. The van der Waals surface area contributed by atoms with Crippen molar-refractivity contribution in [3.05, 3.63) is 41.6 Å². The van der Waals surface area contributed by atoms with Crippen LogP contribution in [-0.2, 0) is 4.79 Å². The Morgan fingerprint density at radius 3 is 3.04 bits per heavy atom. The molecule has 23 heavy (non-hydrogen) atoms. The maximum atomic E-state index is 12.1. The van der Waals surface area contributed by atoms with Gasteiger partial charge in [-0.2, -0.15) is 5.10 Å². The molecule has 1 aliphatic rings. The van der Waals surface area contributed by atoms with Gasteiger partial charge in [0.2, 0.25) is 5.91 Å². The van der Waals surface area contributed by atoms with Gasteiger partial charge in [-0.25, -0.2) is 4.68 Å². The summed E-state index contributed by atoms with van der Waals surface area (Å²) in [6.07, 6.45) is 4.28. The number of amides is 1. The van der Waals surface area contributed by atoms with Crippen LogP contribution in [0.5, 0.6) is 0 Å². The van der Waals surface area contributed by atoms with E-state index >= 15 is 0 Å². The van der Waals surface area contributed by atoms with Gasteiger partial charge >= 0.3 is 0 Å². The van der Waals surface area contributed by atoms with E-state index < -0.39 is 0 Å². The molecule has 124 valence electrons. The smallest absolute Gasteiger partial charge is 0.225 e. The van der Waals surface area contributed by atoms with Crippen LogP contribution in [0.3, 0.4) is 0 Å². The number of aromatic nitrogens is 2. The van der Waals surface area contributed by atoms with Crippen LogP contribution in [0.2, 0.25) is 5.02 Å². The number of nitrogens with one attached hydrogen (secondary N) is 2. The third-order valence-corrected chi connectivity index (χ3v) is 4.14. The molecule has 1 atom stereocenters. The molecule has 1 aliphatic heterocycles. The quantitative estimate of drug-likeness (QED) is 0.866. The second kappa shape index (κ2) is 8.34. The largest absolute Gasteiger partial charge is 0.316 e. The molecule has 0 radical (unpaired) electrons. The molecule has 2 N–H and O–H groups in total. The summed E-state index contributed by atoms with van der Waals surface area (Å²) in [4.78, 5) is 12.1. The minimum Gasteiger partial charge on any atom is -0.316 e. The first-order valence-corrected chi connectivity index (χ1v) is 7.91. The van der Waals surface area contributed by atoms with E-state index in [-0.39, 0.29) is 18.3 Å². The standard InChI is InChI=1S/C16H19ClN4O.ClH/c17-13-2-1-3-14(10-13)21-15(7-9-19-21)20-16(22)5-4-12-6-8-18-11-12;/h1-3,7,9-10,12,18H,4-6,8,11H2,(H,20,22);1H. The zero-order chi connectivity index (χ0) is 15.4. The number of halogens is 2. The molecule has 0 saturated carbocycles. The minimum absolute atomic E-state index is 0. The highest BCUT2D eigenvalue weighted by atomic mass is 35.5. The highest BCUT2D eigenvalue weighted by Crippen LogP contribution is 2.19. The molecule has 0 aliphatic carbocycles. The van der Waals surface area contributed by atoms with Crippen molar-refractivity contribution < 1.29 is 4.79 Å². The summed E-state index contributed by atoms with van der Waals surface area (Å²) < 4.78 is 1.68.